The molecule has 1 amide bonds. The number of rotatable bonds is 8. The molecule has 1 aliphatic carbocycles. The van der Waals surface area contributed by atoms with Crippen LogP contribution in [0, 0.1) is 11.8 Å². The molecule has 0 aliphatic heterocycles. The first-order valence-corrected chi connectivity index (χ1v) is 9.48. The molecule has 6 heteroatoms. The van der Waals surface area contributed by atoms with Gasteiger partial charge in [-0.15, -0.1) is 6.58 Å². The Balaban J connectivity index is 3.04. The summed E-state index contributed by atoms with van der Waals surface area (Å²) in [6, 6.07) is 0. The van der Waals surface area contributed by atoms with Gasteiger partial charge in [0.25, 0.3) is 5.91 Å². The SMILES string of the molecule is [B]P(C)OC(C=C)C(C)C(C(=O)N(C)OC)C1=CCCCC1. The molecule has 0 N–H and O–H groups in total. The highest BCUT2D eigenvalue weighted by atomic mass is 31.1. The molecule has 0 fully saturated rings. The normalized spacial score (nSPS) is 20.5. The van der Waals surface area contributed by atoms with Crippen molar-refractivity contribution in [1.82, 2.24) is 5.06 Å². The maximum Gasteiger partial charge on any atom is 0.253 e. The second-order valence-electron chi connectivity index (χ2n) is 5.73. The summed E-state index contributed by atoms with van der Waals surface area (Å²) in [4.78, 5) is 17.9. The van der Waals surface area contributed by atoms with Crippen molar-refractivity contribution in [2.45, 2.75) is 38.7 Å². The first kappa shape index (κ1) is 19.4. The summed E-state index contributed by atoms with van der Waals surface area (Å²) in [5, 5.41) is 1.30. The van der Waals surface area contributed by atoms with Gasteiger partial charge in [-0.2, -0.15) is 0 Å². The number of hydrogen-bond acceptors (Lipinski definition) is 3. The predicted octanol–water partition coefficient (Wildman–Crippen LogP) is 3.44. The van der Waals surface area contributed by atoms with Crippen molar-refractivity contribution in [3.8, 4) is 0 Å². The van der Waals surface area contributed by atoms with E-state index in [1.807, 2.05) is 13.6 Å². The number of allylic oxidation sites excluding steroid dienone is 1. The smallest absolute Gasteiger partial charge is 0.253 e. The Labute approximate surface area is 137 Å². The van der Waals surface area contributed by atoms with E-state index in [1.54, 1.807) is 13.1 Å². The summed E-state index contributed by atoms with van der Waals surface area (Å²) >= 11 is 0. The van der Waals surface area contributed by atoms with Gasteiger partial charge in [0.05, 0.1) is 19.1 Å². The molecule has 0 saturated heterocycles. The largest absolute Gasteiger partial charge is 0.363 e. The van der Waals surface area contributed by atoms with Gasteiger partial charge < -0.3 is 4.52 Å². The monoisotopic (exact) mass is 323 g/mol. The molecule has 0 bridgehead atoms. The Kier molecular flexibility index (Phi) is 8.38. The standard InChI is InChI=1S/C16H27BNO3P/c1-6-14(21-22(5)17)12(2)15(16(19)18(3)20-4)13-10-8-7-9-11-13/h6,10,12,14-15H,1,7-9,11H2,2-5H3. The van der Waals surface area contributed by atoms with Crippen LogP contribution in [0.3, 0.4) is 0 Å². The van der Waals surface area contributed by atoms with E-state index >= 15 is 0 Å². The van der Waals surface area contributed by atoms with Crippen LogP contribution in [0.2, 0.25) is 0 Å². The van der Waals surface area contributed by atoms with Crippen LogP contribution in [0.5, 0.6) is 0 Å². The molecule has 1 rings (SSSR count). The molecule has 0 aromatic carbocycles. The zero-order chi connectivity index (χ0) is 16.7. The molecule has 0 spiro atoms. The third-order valence-electron chi connectivity index (χ3n) is 4.14. The zero-order valence-corrected chi connectivity index (χ0v) is 15.0. The van der Waals surface area contributed by atoms with Crippen molar-refractivity contribution in [2.24, 2.45) is 11.8 Å². The van der Waals surface area contributed by atoms with E-state index in [4.69, 9.17) is 16.9 Å². The van der Waals surface area contributed by atoms with E-state index in [0.717, 1.165) is 19.3 Å². The lowest BCUT2D eigenvalue weighted by Crippen LogP contribution is -2.40. The summed E-state index contributed by atoms with van der Waals surface area (Å²) in [6.07, 6.45) is 7.98. The fourth-order valence-corrected chi connectivity index (χ4v) is 3.55. The van der Waals surface area contributed by atoms with Crippen LogP contribution in [-0.2, 0) is 14.2 Å². The summed E-state index contributed by atoms with van der Waals surface area (Å²) in [7, 11) is 7.95. The van der Waals surface area contributed by atoms with Crippen LogP contribution >= 0.6 is 8.03 Å². The van der Waals surface area contributed by atoms with Crippen molar-refractivity contribution in [1.29, 1.82) is 0 Å². The second kappa shape index (κ2) is 9.49. The minimum Gasteiger partial charge on any atom is -0.363 e. The third kappa shape index (κ3) is 5.22. The molecule has 1 aliphatic rings. The van der Waals surface area contributed by atoms with Crippen molar-refractivity contribution in [2.75, 3.05) is 20.8 Å². The van der Waals surface area contributed by atoms with Crippen LogP contribution in [0.15, 0.2) is 24.3 Å². The van der Waals surface area contributed by atoms with E-state index in [0.29, 0.717) is 0 Å². The first-order valence-electron chi connectivity index (χ1n) is 7.70. The number of carbonyl (C=O) groups is 1. The molecule has 4 nitrogen and oxygen atoms in total. The van der Waals surface area contributed by atoms with Gasteiger partial charge in [0, 0.05) is 13.0 Å². The summed E-state index contributed by atoms with van der Waals surface area (Å²) < 4.78 is 5.78. The Bertz CT molecular complexity index is 414. The summed E-state index contributed by atoms with van der Waals surface area (Å²) in [5.41, 5.74) is 1.18. The van der Waals surface area contributed by atoms with Crippen LogP contribution in [0.25, 0.3) is 0 Å². The van der Waals surface area contributed by atoms with Crippen LogP contribution in [-0.4, -0.2) is 45.5 Å². The van der Waals surface area contributed by atoms with Gasteiger partial charge in [-0.05, 0) is 40.4 Å². The molecule has 4 atom stereocenters. The average Bonchev–Trinajstić information content (AvgIpc) is 2.52. The molecule has 22 heavy (non-hydrogen) atoms. The molecule has 0 heterocycles. The predicted molar refractivity (Wildman–Crippen MR) is 92.7 cm³/mol. The van der Waals surface area contributed by atoms with Crippen molar-refractivity contribution in [3.63, 3.8) is 0 Å². The van der Waals surface area contributed by atoms with Crippen LogP contribution < -0.4 is 0 Å². The van der Waals surface area contributed by atoms with Crippen molar-refractivity contribution < 1.29 is 14.2 Å². The van der Waals surface area contributed by atoms with Crippen LogP contribution in [0.4, 0.5) is 0 Å². The van der Waals surface area contributed by atoms with Crippen molar-refractivity contribution in [3.05, 3.63) is 24.3 Å². The molecular formula is C16H27BNO3P. The van der Waals surface area contributed by atoms with Gasteiger partial charge in [0.1, 0.15) is 7.57 Å². The van der Waals surface area contributed by atoms with Gasteiger partial charge >= 0.3 is 0 Å². The van der Waals surface area contributed by atoms with E-state index in [2.05, 4.69) is 12.7 Å². The highest BCUT2D eigenvalue weighted by Gasteiger charge is 2.35. The number of nitrogens with zero attached hydrogens (tertiary/aromatic N) is 1. The van der Waals surface area contributed by atoms with Crippen molar-refractivity contribution >= 4 is 21.5 Å². The van der Waals surface area contributed by atoms with Crippen LogP contribution in [0.1, 0.15) is 32.6 Å². The lowest BCUT2D eigenvalue weighted by atomic mass is 9.78. The second-order valence-corrected chi connectivity index (χ2v) is 7.03. The minimum absolute atomic E-state index is 0.0413. The van der Waals surface area contributed by atoms with Gasteiger partial charge in [0.15, 0.2) is 0 Å². The number of carbonyl (C=O) groups excluding carboxylic acids is 1. The zero-order valence-electron chi connectivity index (χ0n) is 14.1. The number of amides is 1. The molecule has 0 aromatic rings. The quantitative estimate of drug-likeness (QED) is 0.297. The molecule has 0 aromatic heterocycles. The third-order valence-corrected chi connectivity index (χ3v) is 4.72. The van der Waals surface area contributed by atoms with Gasteiger partial charge in [-0.25, -0.2) is 5.06 Å². The average molecular weight is 323 g/mol. The molecule has 2 radical (unpaired) electrons. The van der Waals surface area contributed by atoms with Gasteiger partial charge in [-0.1, -0.05) is 24.6 Å². The number of hydrogen-bond donors (Lipinski definition) is 0. The Morgan fingerprint density at radius 3 is 2.68 bits per heavy atom. The Morgan fingerprint density at radius 1 is 1.55 bits per heavy atom. The highest BCUT2D eigenvalue weighted by Crippen LogP contribution is 2.37. The fourth-order valence-electron chi connectivity index (χ4n) is 2.89. The molecule has 122 valence electrons. The van der Waals surface area contributed by atoms with Gasteiger partial charge in [0.2, 0.25) is 0 Å². The maximum absolute atomic E-state index is 12.8. The maximum atomic E-state index is 12.8. The fraction of sp³-hybridized carbons (Fsp3) is 0.688. The Morgan fingerprint density at radius 2 is 2.23 bits per heavy atom. The first-order chi connectivity index (χ1) is 10.4. The minimum atomic E-state index is -1.01. The molecule has 0 saturated carbocycles. The molecule has 4 unspecified atom stereocenters. The molecular weight excluding hydrogens is 296 g/mol. The Hall–Kier alpha value is -0.635. The number of hydroxylamine groups is 2. The lowest BCUT2D eigenvalue weighted by Gasteiger charge is -2.34. The summed E-state index contributed by atoms with van der Waals surface area (Å²) in [6.45, 7) is 7.71. The lowest BCUT2D eigenvalue weighted by molar-refractivity contribution is -0.174. The van der Waals surface area contributed by atoms with E-state index in [-0.39, 0.29) is 23.8 Å². The highest BCUT2D eigenvalue weighted by molar-refractivity contribution is 7.77. The van der Waals surface area contributed by atoms with Gasteiger partial charge in [-0.3, -0.25) is 9.63 Å². The topological polar surface area (TPSA) is 38.8 Å². The van der Waals surface area contributed by atoms with E-state index in [1.165, 1.54) is 24.2 Å². The van der Waals surface area contributed by atoms with E-state index in [9.17, 15) is 4.79 Å². The summed E-state index contributed by atoms with van der Waals surface area (Å²) in [5.74, 6) is -0.347. The van der Waals surface area contributed by atoms with E-state index < -0.39 is 8.03 Å².